The molecule has 0 bridgehead atoms. The maximum atomic E-state index is 12.1. The molecule has 0 heterocycles. The van der Waals surface area contributed by atoms with Crippen molar-refractivity contribution in [2.75, 3.05) is 20.3 Å². The van der Waals surface area contributed by atoms with Gasteiger partial charge in [-0.1, -0.05) is 33.1 Å². The highest BCUT2D eigenvalue weighted by atomic mass is 16.5. The Morgan fingerprint density at radius 1 is 1.30 bits per heavy atom. The van der Waals surface area contributed by atoms with Gasteiger partial charge in [-0.2, -0.15) is 0 Å². The van der Waals surface area contributed by atoms with E-state index in [0.717, 1.165) is 45.3 Å². The second kappa shape index (κ2) is 9.35. The van der Waals surface area contributed by atoms with Crippen LogP contribution in [-0.2, 0) is 14.3 Å². The van der Waals surface area contributed by atoms with Gasteiger partial charge < -0.3 is 14.8 Å². The number of carbonyl (C=O) groups excluding carboxylic acids is 1. The van der Waals surface area contributed by atoms with Gasteiger partial charge in [0, 0.05) is 13.0 Å². The Kier molecular flexibility index (Phi) is 8.15. The van der Waals surface area contributed by atoms with E-state index in [9.17, 15) is 4.79 Å². The highest BCUT2D eigenvalue weighted by Crippen LogP contribution is 2.31. The summed E-state index contributed by atoms with van der Waals surface area (Å²) in [5.74, 6) is -0.140. The van der Waals surface area contributed by atoms with Crippen LogP contribution in [0.2, 0.25) is 0 Å². The lowest BCUT2D eigenvalue weighted by atomic mass is 9.80. The Labute approximate surface area is 123 Å². The molecule has 1 aliphatic carbocycles. The number of carbonyl (C=O) groups is 1. The first-order valence-electron chi connectivity index (χ1n) is 8.13. The first-order chi connectivity index (χ1) is 9.68. The number of ether oxygens (including phenoxy) is 2. The summed E-state index contributed by atoms with van der Waals surface area (Å²) >= 11 is 0. The highest BCUT2D eigenvalue weighted by molar-refractivity contribution is 5.81. The van der Waals surface area contributed by atoms with Crippen molar-refractivity contribution in [2.45, 2.75) is 76.9 Å². The van der Waals surface area contributed by atoms with Crippen LogP contribution in [0.4, 0.5) is 0 Å². The lowest BCUT2D eigenvalue weighted by Crippen LogP contribution is -2.56. The second-order valence-corrected chi connectivity index (χ2v) is 5.75. The van der Waals surface area contributed by atoms with Gasteiger partial charge in [0.25, 0.3) is 0 Å². The van der Waals surface area contributed by atoms with E-state index in [2.05, 4.69) is 12.2 Å². The largest absolute Gasteiger partial charge is 0.468 e. The van der Waals surface area contributed by atoms with Crippen molar-refractivity contribution < 1.29 is 14.3 Å². The first-order valence-corrected chi connectivity index (χ1v) is 8.13. The lowest BCUT2D eigenvalue weighted by Gasteiger charge is -2.39. The van der Waals surface area contributed by atoms with Gasteiger partial charge in [-0.25, -0.2) is 0 Å². The second-order valence-electron chi connectivity index (χ2n) is 5.75. The van der Waals surface area contributed by atoms with Crippen LogP contribution in [-0.4, -0.2) is 37.9 Å². The molecular formula is C16H31NO3. The topological polar surface area (TPSA) is 47.6 Å². The fourth-order valence-corrected chi connectivity index (χ4v) is 3.10. The van der Waals surface area contributed by atoms with Crippen LogP contribution in [0.5, 0.6) is 0 Å². The number of nitrogens with one attached hydrogen (secondary N) is 1. The van der Waals surface area contributed by atoms with Crippen molar-refractivity contribution in [3.8, 4) is 0 Å². The average Bonchev–Trinajstić information content (AvgIpc) is 2.47. The predicted molar refractivity (Wildman–Crippen MR) is 80.8 cm³/mol. The molecule has 20 heavy (non-hydrogen) atoms. The maximum absolute atomic E-state index is 12.1. The van der Waals surface area contributed by atoms with Gasteiger partial charge in [0.15, 0.2) is 0 Å². The van der Waals surface area contributed by atoms with Crippen LogP contribution >= 0.6 is 0 Å². The number of unbranched alkanes of at least 4 members (excludes halogenated alkanes) is 3. The fourth-order valence-electron chi connectivity index (χ4n) is 3.10. The van der Waals surface area contributed by atoms with Crippen molar-refractivity contribution in [2.24, 2.45) is 0 Å². The van der Waals surface area contributed by atoms with Crippen molar-refractivity contribution in [3.05, 3.63) is 0 Å². The summed E-state index contributed by atoms with van der Waals surface area (Å²) in [7, 11) is 1.47. The molecule has 0 spiro atoms. The van der Waals surface area contributed by atoms with Gasteiger partial charge in [0.05, 0.1) is 13.2 Å². The number of rotatable bonds is 9. The molecule has 4 heteroatoms. The van der Waals surface area contributed by atoms with Crippen molar-refractivity contribution >= 4 is 5.97 Å². The molecule has 4 nitrogen and oxygen atoms in total. The molecule has 0 aromatic heterocycles. The number of likely N-dealkylation sites (N-methyl/N-ethyl adjacent to an activating group) is 1. The molecule has 0 aliphatic heterocycles. The zero-order chi connectivity index (χ0) is 14.8. The molecule has 1 N–H and O–H groups in total. The fraction of sp³-hybridized carbons (Fsp3) is 0.938. The zero-order valence-electron chi connectivity index (χ0n) is 13.4. The summed E-state index contributed by atoms with van der Waals surface area (Å²) < 4.78 is 11.0. The minimum absolute atomic E-state index is 0.140. The van der Waals surface area contributed by atoms with E-state index in [0.29, 0.717) is 0 Å². The molecule has 2 atom stereocenters. The van der Waals surface area contributed by atoms with Crippen LogP contribution in [0.3, 0.4) is 0 Å². The maximum Gasteiger partial charge on any atom is 0.326 e. The third kappa shape index (κ3) is 5.06. The van der Waals surface area contributed by atoms with E-state index in [1.807, 2.05) is 6.92 Å². The summed E-state index contributed by atoms with van der Waals surface area (Å²) in [6, 6.07) is 0. The molecule has 1 fully saturated rings. The van der Waals surface area contributed by atoms with Crippen molar-refractivity contribution in [1.29, 1.82) is 0 Å². The lowest BCUT2D eigenvalue weighted by molar-refractivity contribution is -0.153. The molecule has 0 saturated heterocycles. The summed E-state index contributed by atoms with van der Waals surface area (Å²) in [4.78, 5) is 12.1. The predicted octanol–water partition coefficient (Wildman–Crippen LogP) is 3.05. The van der Waals surface area contributed by atoms with Crippen molar-refractivity contribution in [1.82, 2.24) is 5.32 Å². The normalized spacial score (nSPS) is 26.4. The first kappa shape index (κ1) is 17.4. The zero-order valence-corrected chi connectivity index (χ0v) is 13.4. The van der Waals surface area contributed by atoms with Crippen LogP contribution in [0, 0.1) is 0 Å². The molecule has 0 radical (unpaired) electrons. The Morgan fingerprint density at radius 2 is 2.10 bits per heavy atom. The molecule has 118 valence electrons. The average molecular weight is 285 g/mol. The van der Waals surface area contributed by atoms with Gasteiger partial charge in [-0.05, 0) is 32.2 Å². The molecule has 1 rings (SSSR count). The van der Waals surface area contributed by atoms with Gasteiger partial charge in [0.2, 0.25) is 0 Å². The minimum Gasteiger partial charge on any atom is -0.468 e. The monoisotopic (exact) mass is 285 g/mol. The smallest absolute Gasteiger partial charge is 0.326 e. The summed E-state index contributed by atoms with van der Waals surface area (Å²) in [5.41, 5.74) is -0.532. The van der Waals surface area contributed by atoms with Gasteiger partial charge >= 0.3 is 5.97 Å². The Morgan fingerprint density at radius 3 is 2.75 bits per heavy atom. The minimum atomic E-state index is -0.532. The summed E-state index contributed by atoms with van der Waals surface area (Å²) in [6.07, 6.45) is 8.72. The van der Waals surface area contributed by atoms with E-state index >= 15 is 0 Å². The Hall–Kier alpha value is -0.610. The van der Waals surface area contributed by atoms with Crippen LogP contribution in [0.15, 0.2) is 0 Å². The van der Waals surface area contributed by atoms with Crippen LogP contribution in [0.1, 0.15) is 65.2 Å². The molecule has 2 unspecified atom stereocenters. The van der Waals surface area contributed by atoms with E-state index in [4.69, 9.17) is 9.47 Å². The van der Waals surface area contributed by atoms with E-state index in [-0.39, 0.29) is 12.1 Å². The number of hydrogen-bond acceptors (Lipinski definition) is 4. The third-order valence-corrected chi connectivity index (χ3v) is 4.15. The number of methoxy groups -OCH3 is 1. The standard InChI is InChI=1S/C16H31NO3/c1-4-6-7-8-12-20-14-10-9-11-16(13-14,17-5-2)15(18)19-3/h14,17H,4-13H2,1-3H3. The number of esters is 1. The highest BCUT2D eigenvalue weighted by Gasteiger charge is 2.43. The summed E-state index contributed by atoms with van der Waals surface area (Å²) in [5, 5.41) is 3.33. The molecular weight excluding hydrogens is 254 g/mol. The van der Waals surface area contributed by atoms with Gasteiger partial charge in [-0.3, -0.25) is 4.79 Å². The molecule has 1 saturated carbocycles. The molecule has 0 aromatic rings. The van der Waals surface area contributed by atoms with E-state index in [1.165, 1.54) is 26.4 Å². The van der Waals surface area contributed by atoms with E-state index in [1.54, 1.807) is 0 Å². The molecule has 0 amide bonds. The Balaban J connectivity index is 2.44. The molecule has 0 aromatic carbocycles. The number of hydrogen-bond donors (Lipinski definition) is 1. The van der Waals surface area contributed by atoms with Crippen molar-refractivity contribution in [3.63, 3.8) is 0 Å². The van der Waals surface area contributed by atoms with Crippen LogP contribution < -0.4 is 5.32 Å². The Bertz CT molecular complexity index is 279. The third-order valence-electron chi connectivity index (χ3n) is 4.15. The SMILES string of the molecule is CCCCCCOC1CCCC(NCC)(C(=O)OC)C1. The van der Waals surface area contributed by atoms with Gasteiger partial charge in [-0.15, -0.1) is 0 Å². The summed E-state index contributed by atoms with van der Waals surface area (Å²) in [6.45, 7) is 5.83. The van der Waals surface area contributed by atoms with Crippen LogP contribution in [0.25, 0.3) is 0 Å². The van der Waals surface area contributed by atoms with Gasteiger partial charge in [0.1, 0.15) is 5.54 Å². The van der Waals surface area contributed by atoms with E-state index < -0.39 is 5.54 Å². The quantitative estimate of drug-likeness (QED) is 0.522. The molecule has 1 aliphatic rings.